The molecule has 0 heterocycles. The second-order valence-electron chi connectivity index (χ2n) is 2.62. The summed E-state index contributed by atoms with van der Waals surface area (Å²) in [6, 6.07) is 0. The van der Waals surface area contributed by atoms with Gasteiger partial charge in [-0.05, 0) is 0 Å². The van der Waals surface area contributed by atoms with Crippen LogP contribution in [0.25, 0.3) is 0 Å². The van der Waals surface area contributed by atoms with Crippen molar-refractivity contribution in [2.45, 2.75) is 6.92 Å². The van der Waals surface area contributed by atoms with Crippen LogP contribution in [-0.4, -0.2) is 33.5 Å². The molecule has 0 saturated heterocycles. The molecule has 0 unspecified atom stereocenters. The molecule has 0 spiro atoms. The number of allylic oxidation sites excluding steroid dienone is 3. The van der Waals surface area contributed by atoms with E-state index in [1.54, 1.807) is 7.05 Å². The molecule has 0 aliphatic heterocycles. The molecule has 0 aromatic carbocycles. The number of hydrogen-bond donors (Lipinski definition) is 0. The first kappa shape index (κ1) is 11.4. The summed E-state index contributed by atoms with van der Waals surface area (Å²) in [5.74, 6) is 0. The number of hydrogen-bond acceptors (Lipinski definition) is 1. The van der Waals surface area contributed by atoms with Crippen molar-refractivity contribution in [3.8, 4) is 0 Å². The average Bonchev–Trinajstić information content (AvgIpc) is 1.98. The fourth-order valence-corrected chi connectivity index (χ4v) is 0.717. The fraction of sp³-hybridized carbons (Fsp3) is 0.250. The fourth-order valence-electron chi connectivity index (χ4n) is 0.662. The van der Waals surface area contributed by atoms with E-state index in [9.17, 15) is 0 Å². The molecule has 0 aliphatic carbocycles. The Kier molecular flexibility index (Phi) is 4.91. The van der Waals surface area contributed by atoms with Crippen LogP contribution < -0.4 is 0 Å². The Labute approximate surface area is 80.7 Å². The molecule has 0 aromatic heterocycles. The zero-order valence-electron chi connectivity index (χ0n) is 7.82. The Hall–Kier alpha value is -0.560. The molecule has 0 N–H and O–H groups in total. The molecule has 0 fully saturated rings. The molecule has 4 heteroatoms. The van der Waals surface area contributed by atoms with Gasteiger partial charge in [0.1, 0.15) is 0 Å². The first-order valence-corrected chi connectivity index (χ1v) is 4.02. The number of aliphatic imine (C=N–C) groups is 1. The van der Waals surface area contributed by atoms with Crippen molar-refractivity contribution in [3.05, 3.63) is 23.3 Å². The van der Waals surface area contributed by atoms with Crippen molar-refractivity contribution < 1.29 is 0 Å². The van der Waals surface area contributed by atoms with Crippen molar-refractivity contribution in [2.24, 2.45) is 4.99 Å². The Bertz CT molecular complexity index is 266. The van der Waals surface area contributed by atoms with Crippen molar-refractivity contribution in [1.82, 2.24) is 0 Å². The van der Waals surface area contributed by atoms with E-state index in [4.69, 9.17) is 11.6 Å². The zero-order valence-corrected chi connectivity index (χ0v) is 8.57. The van der Waals surface area contributed by atoms with Crippen molar-refractivity contribution in [2.75, 3.05) is 7.05 Å². The third-order valence-corrected chi connectivity index (χ3v) is 1.76. The molecule has 0 saturated carbocycles. The van der Waals surface area contributed by atoms with Crippen LogP contribution >= 0.6 is 11.6 Å². The predicted molar refractivity (Wildman–Crippen MR) is 62.8 cm³/mol. The second-order valence-corrected chi connectivity index (χ2v) is 3.08. The topological polar surface area (TPSA) is 12.4 Å². The van der Waals surface area contributed by atoms with Crippen molar-refractivity contribution in [1.29, 1.82) is 0 Å². The van der Waals surface area contributed by atoms with Gasteiger partial charge in [-0.25, -0.2) is 0 Å². The van der Waals surface area contributed by atoms with Crippen LogP contribution in [0, 0.1) is 0 Å². The van der Waals surface area contributed by atoms with Crippen LogP contribution in [0.4, 0.5) is 0 Å². The molecule has 0 aromatic rings. The summed E-state index contributed by atoms with van der Waals surface area (Å²) in [6.45, 7) is 5.51. The van der Waals surface area contributed by atoms with Crippen molar-refractivity contribution in [3.63, 3.8) is 0 Å². The normalized spacial score (nSPS) is 12.8. The zero-order chi connectivity index (χ0) is 9.72. The summed E-state index contributed by atoms with van der Waals surface area (Å²) in [7, 11) is 7.42. The summed E-state index contributed by atoms with van der Waals surface area (Å²) in [4.78, 5) is 4.05. The van der Waals surface area contributed by atoms with Gasteiger partial charge in [-0.1, -0.05) is 0 Å². The molecule has 0 aliphatic rings. The van der Waals surface area contributed by atoms with Gasteiger partial charge in [0.05, 0.1) is 0 Å². The van der Waals surface area contributed by atoms with Crippen LogP contribution in [0.1, 0.15) is 6.92 Å². The van der Waals surface area contributed by atoms with Crippen LogP contribution in [0.15, 0.2) is 28.3 Å². The predicted octanol–water partition coefficient (Wildman–Crippen LogP) is 0.420. The van der Waals surface area contributed by atoms with Gasteiger partial charge in [0.2, 0.25) is 0 Å². The molecule has 0 radical (unpaired) electrons. The van der Waals surface area contributed by atoms with Crippen LogP contribution in [0.2, 0.25) is 0 Å². The molecule has 0 bridgehead atoms. The molecular formula is C8H12B2ClN. The van der Waals surface area contributed by atoms with Gasteiger partial charge >= 0.3 is 80.2 Å². The van der Waals surface area contributed by atoms with E-state index >= 15 is 0 Å². The van der Waals surface area contributed by atoms with Crippen LogP contribution in [0.5, 0.6) is 0 Å². The minimum absolute atomic E-state index is 0.539. The molecule has 12 heavy (non-hydrogen) atoms. The van der Waals surface area contributed by atoms with E-state index in [0.717, 1.165) is 16.6 Å². The van der Waals surface area contributed by atoms with E-state index in [1.165, 1.54) is 0 Å². The second kappa shape index (κ2) is 5.15. The van der Waals surface area contributed by atoms with Crippen molar-refractivity contribution >= 4 is 38.0 Å². The van der Waals surface area contributed by atoms with E-state index in [0.29, 0.717) is 5.03 Å². The Balaban J connectivity index is 4.72. The molecular weight excluding hydrogens is 167 g/mol. The van der Waals surface area contributed by atoms with Gasteiger partial charge < -0.3 is 0 Å². The van der Waals surface area contributed by atoms with Crippen LogP contribution in [0.3, 0.4) is 0 Å². The van der Waals surface area contributed by atoms with E-state index in [1.807, 2.05) is 20.8 Å². The average molecular weight is 179 g/mol. The summed E-state index contributed by atoms with van der Waals surface area (Å²) in [5.41, 5.74) is 1.77. The first-order chi connectivity index (χ1) is 5.49. The maximum atomic E-state index is 5.69. The SMILES string of the molecule is B=C(B)C(/C=C(\C)C(=C)Cl)=N/C. The molecule has 0 atom stereocenters. The number of nitrogens with zero attached hydrogens (tertiary/aromatic N) is 1. The Morgan fingerprint density at radius 3 is 2.42 bits per heavy atom. The van der Waals surface area contributed by atoms with Gasteiger partial charge in [0.25, 0.3) is 0 Å². The molecule has 62 valence electrons. The summed E-state index contributed by atoms with van der Waals surface area (Å²) in [5, 5.41) is 1.46. The summed E-state index contributed by atoms with van der Waals surface area (Å²) in [6.07, 6.45) is 1.87. The van der Waals surface area contributed by atoms with Gasteiger partial charge in [-0.2, -0.15) is 0 Å². The number of rotatable bonds is 3. The van der Waals surface area contributed by atoms with Crippen LogP contribution in [-0.2, 0) is 0 Å². The van der Waals surface area contributed by atoms with E-state index in [-0.39, 0.29) is 0 Å². The molecule has 1 nitrogen and oxygen atoms in total. The minimum atomic E-state index is 0.539. The summed E-state index contributed by atoms with van der Waals surface area (Å²) < 4.78 is 0. The maximum absolute atomic E-state index is 5.69. The quantitative estimate of drug-likeness (QED) is 0.338. The number of halogens is 1. The van der Waals surface area contributed by atoms with Gasteiger partial charge in [-0.3, -0.25) is 0 Å². The summed E-state index contributed by atoms with van der Waals surface area (Å²) >= 11 is 5.69. The Morgan fingerprint density at radius 1 is 1.67 bits per heavy atom. The third kappa shape index (κ3) is 3.72. The van der Waals surface area contributed by atoms with Gasteiger partial charge in [-0.15, -0.1) is 0 Å². The van der Waals surface area contributed by atoms with E-state index < -0.39 is 0 Å². The molecule has 0 amide bonds. The first-order valence-electron chi connectivity index (χ1n) is 3.64. The standard InChI is InChI=1S/C8H12B2ClN/c1-5(6(2)11)4-7(12-3)8(9)10/h4,9H,2,10H2,1,3H3/b5-4+,12-7+. The van der Waals surface area contributed by atoms with Gasteiger partial charge in [0, 0.05) is 0 Å². The molecule has 0 rings (SSSR count). The van der Waals surface area contributed by atoms with E-state index in [2.05, 4.69) is 19.1 Å². The third-order valence-electron chi connectivity index (χ3n) is 1.46. The van der Waals surface area contributed by atoms with Gasteiger partial charge in [0.15, 0.2) is 0 Å². The monoisotopic (exact) mass is 179 g/mol. The Morgan fingerprint density at radius 2 is 2.17 bits per heavy atom.